The van der Waals surface area contributed by atoms with Gasteiger partial charge in [-0.05, 0) is 92.2 Å². The zero-order valence-corrected chi connectivity index (χ0v) is 34.5. The van der Waals surface area contributed by atoms with Crippen LogP contribution in [-0.2, 0) is 37.0 Å². The van der Waals surface area contributed by atoms with E-state index in [0.717, 1.165) is 0 Å². The number of benzene rings is 2. The van der Waals surface area contributed by atoms with Crippen LogP contribution >= 0.6 is 16.4 Å². The van der Waals surface area contributed by atoms with Crippen LogP contribution in [0.2, 0.25) is 0 Å². The Bertz CT molecular complexity index is 1270. The van der Waals surface area contributed by atoms with E-state index >= 15 is 0 Å². The molecule has 0 aliphatic carbocycles. The quantitative estimate of drug-likeness (QED) is 0.303. The van der Waals surface area contributed by atoms with E-state index in [2.05, 4.69) is 175 Å². The second-order valence-corrected chi connectivity index (χ2v) is 23.0. The van der Waals surface area contributed by atoms with Gasteiger partial charge in [0.05, 0.1) is 13.7 Å². The molecule has 1 nitrogen and oxygen atoms in total. The Kier molecular flexibility index (Phi) is 11.2. The lowest BCUT2D eigenvalue weighted by molar-refractivity contribution is 0.156. The molecule has 44 heavy (non-hydrogen) atoms. The van der Waals surface area contributed by atoms with Crippen molar-refractivity contribution in [2.24, 2.45) is 0 Å². The summed E-state index contributed by atoms with van der Waals surface area (Å²) in [6.45, 7) is 49.1. The Hall–Kier alpha value is -1.00. The van der Waals surface area contributed by atoms with Crippen molar-refractivity contribution in [1.29, 1.82) is 0 Å². The molecule has 2 aromatic carbocycles. The summed E-state index contributed by atoms with van der Waals surface area (Å²) in [4.78, 5) is 0. The minimum absolute atomic E-state index is 0.0204. The summed E-state index contributed by atoms with van der Waals surface area (Å²) in [5, 5.41) is 2.86. The van der Waals surface area contributed by atoms with Gasteiger partial charge in [0.1, 0.15) is 0 Å². The average molecular weight is 639 g/mol. The van der Waals surface area contributed by atoms with Crippen LogP contribution in [0.5, 0.6) is 0 Å². The Morgan fingerprint density at radius 1 is 0.455 bits per heavy atom. The van der Waals surface area contributed by atoms with Gasteiger partial charge in [0.15, 0.2) is 0 Å². The fourth-order valence-corrected chi connectivity index (χ4v) is 9.90. The lowest BCUT2D eigenvalue weighted by atomic mass is 9.75. The molecule has 2 rings (SSSR count). The van der Waals surface area contributed by atoms with Crippen molar-refractivity contribution in [2.45, 2.75) is 183 Å². The number of rotatable bonds is 4. The molecule has 0 spiro atoms. The van der Waals surface area contributed by atoms with Crippen molar-refractivity contribution >= 4 is 32.5 Å². The minimum atomic E-state index is -1.05. The third kappa shape index (κ3) is 10.00. The second-order valence-electron chi connectivity index (χ2n) is 20.1. The van der Waals surface area contributed by atoms with Gasteiger partial charge in [-0.1, -0.05) is 157 Å². The molecule has 0 N–H and O–H groups in total. The molecule has 0 aromatic heterocycles. The van der Waals surface area contributed by atoms with Crippen molar-refractivity contribution in [3.63, 3.8) is 0 Å². The highest BCUT2D eigenvalue weighted by atomic mass is 31.2. The van der Waals surface area contributed by atoms with Gasteiger partial charge in [-0.2, -0.15) is 0 Å². The molecule has 3 heteroatoms. The molecule has 0 amide bonds. The molecule has 0 aliphatic rings. The van der Waals surface area contributed by atoms with Crippen molar-refractivity contribution in [3.8, 4) is 0 Å². The van der Waals surface area contributed by atoms with Gasteiger partial charge in [0.2, 0.25) is 0 Å². The van der Waals surface area contributed by atoms with Gasteiger partial charge in [-0.15, -0.1) is 0 Å². The molecule has 1 atom stereocenters. The summed E-state index contributed by atoms with van der Waals surface area (Å²) in [6, 6.07) is 9.99. The van der Waals surface area contributed by atoms with Gasteiger partial charge in [-0.3, -0.25) is 0 Å². The van der Waals surface area contributed by atoms with Crippen LogP contribution in [-0.4, -0.2) is 11.1 Å². The Labute approximate surface area is 277 Å². The summed E-state index contributed by atoms with van der Waals surface area (Å²) in [7, 11) is 0.182. The maximum absolute atomic E-state index is 7.17. The van der Waals surface area contributed by atoms with E-state index in [1.165, 1.54) is 52.2 Å². The fraction of sp³-hybridized carbons (Fsp3) is 0.683. The maximum Gasteiger partial charge on any atom is 0.0904 e. The van der Waals surface area contributed by atoms with Crippen LogP contribution < -0.4 is 10.6 Å². The molecular weight excluding hydrogens is 570 g/mol. The topological polar surface area (TPSA) is 9.23 Å². The molecule has 0 bridgehead atoms. The van der Waals surface area contributed by atoms with Crippen LogP contribution in [0.3, 0.4) is 0 Å². The van der Waals surface area contributed by atoms with Crippen molar-refractivity contribution in [2.75, 3.05) is 0 Å². The Morgan fingerprint density at radius 3 is 1.00 bits per heavy atom. The first-order chi connectivity index (χ1) is 19.2. The molecule has 1 unspecified atom stereocenters. The van der Waals surface area contributed by atoms with E-state index in [4.69, 9.17) is 4.52 Å². The van der Waals surface area contributed by atoms with Gasteiger partial charge in [0.25, 0.3) is 0 Å². The first-order valence-electron chi connectivity index (χ1n) is 16.7. The van der Waals surface area contributed by atoms with Crippen LogP contribution in [0, 0.1) is 0 Å². The number of hydrogen-bond donors (Lipinski definition) is 0. The Balaban J connectivity index is 3.14. The van der Waals surface area contributed by atoms with E-state index in [1.807, 2.05) is 0 Å². The van der Waals surface area contributed by atoms with E-state index in [9.17, 15) is 0 Å². The standard InChI is InChI=1S/C41H68OP2/c1-35(2,3)27-22-29(37(7,8)9)33(30(23-27)38(10,11)12)43-26-44(42-41(19,20)21)34-31(39(13,14)15)24-28(36(4,5)6)25-32(34)40(16,17)18/h22-26H,1-21H3. The maximum atomic E-state index is 7.17. The predicted molar refractivity (Wildman–Crippen MR) is 205 cm³/mol. The average Bonchev–Trinajstić information content (AvgIpc) is 2.76. The summed E-state index contributed by atoms with van der Waals surface area (Å²) >= 11 is 0. The normalized spacial score (nSPS) is 15.3. The smallest absolute Gasteiger partial charge is 0.0904 e. The molecule has 0 saturated carbocycles. The Morgan fingerprint density at radius 2 is 0.750 bits per heavy atom. The lowest BCUT2D eigenvalue weighted by Crippen LogP contribution is -2.33. The zero-order chi connectivity index (χ0) is 34.6. The van der Waals surface area contributed by atoms with Crippen molar-refractivity contribution in [1.82, 2.24) is 0 Å². The first-order valence-corrected chi connectivity index (χ1v) is 19.0. The molecule has 248 valence electrons. The molecule has 0 heterocycles. The fourth-order valence-electron chi connectivity index (χ4n) is 5.33. The van der Waals surface area contributed by atoms with Gasteiger partial charge < -0.3 is 4.52 Å². The van der Waals surface area contributed by atoms with Crippen molar-refractivity contribution < 1.29 is 4.52 Å². The lowest BCUT2D eigenvalue weighted by Gasteiger charge is -2.37. The zero-order valence-electron chi connectivity index (χ0n) is 32.7. The molecule has 0 fully saturated rings. The van der Waals surface area contributed by atoms with Gasteiger partial charge in [0, 0.05) is 10.6 Å². The van der Waals surface area contributed by atoms with Crippen LogP contribution in [0.4, 0.5) is 0 Å². The summed E-state index contributed by atoms with van der Waals surface area (Å²) in [6.07, 6.45) is 0. The molecule has 0 saturated heterocycles. The third-order valence-electron chi connectivity index (χ3n) is 8.07. The van der Waals surface area contributed by atoms with E-state index in [1.54, 1.807) is 0 Å². The molecule has 0 aliphatic heterocycles. The second kappa shape index (κ2) is 12.6. The molecule has 2 aromatic rings. The summed E-state index contributed by atoms with van der Waals surface area (Å²) < 4.78 is 7.17. The summed E-state index contributed by atoms with van der Waals surface area (Å²) in [5.74, 6) is 0. The van der Waals surface area contributed by atoms with E-state index < -0.39 is 8.15 Å². The molecule has 0 radical (unpaired) electrons. The SMILES string of the molecule is CC(C)(C)OP(C=Pc1c(C(C)(C)C)cc(C(C)(C)C)cc1C(C)(C)C)c1c(C(C)(C)C)cc(C(C)(C)C)cc1C(C)(C)C. The molecular formula is C41H68OP2. The summed E-state index contributed by atoms with van der Waals surface area (Å²) in [5.41, 5.74) is 11.0. The van der Waals surface area contributed by atoms with E-state index in [-0.39, 0.29) is 38.1 Å². The van der Waals surface area contributed by atoms with Crippen molar-refractivity contribution in [3.05, 3.63) is 57.6 Å². The highest BCUT2D eigenvalue weighted by Gasteiger charge is 2.35. The first kappa shape index (κ1) is 39.2. The minimum Gasteiger partial charge on any atom is -0.344 e. The largest absolute Gasteiger partial charge is 0.344 e. The highest BCUT2D eigenvalue weighted by Crippen LogP contribution is 2.47. The van der Waals surface area contributed by atoms with Crippen LogP contribution in [0.25, 0.3) is 0 Å². The third-order valence-corrected chi connectivity index (χ3v) is 11.8. The van der Waals surface area contributed by atoms with E-state index in [0.29, 0.717) is 0 Å². The highest BCUT2D eigenvalue weighted by molar-refractivity contribution is 7.85. The van der Waals surface area contributed by atoms with Gasteiger partial charge >= 0.3 is 0 Å². The monoisotopic (exact) mass is 638 g/mol. The van der Waals surface area contributed by atoms with Gasteiger partial charge in [-0.25, -0.2) is 0 Å². The number of hydrogen-bond acceptors (Lipinski definition) is 1. The van der Waals surface area contributed by atoms with Crippen LogP contribution in [0.1, 0.15) is 179 Å². The van der Waals surface area contributed by atoms with Crippen LogP contribution in [0.15, 0.2) is 24.3 Å². The predicted octanol–water partition coefficient (Wildman–Crippen LogP) is 12.3.